The lowest BCUT2D eigenvalue weighted by Crippen LogP contribution is -2.43. The molecule has 28 heavy (non-hydrogen) atoms. The monoisotopic (exact) mass is 386 g/mol. The zero-order chi connectivity index (χ0) is 20.1. The zero-order valence-electron chi connectivity index (χ0n) is 16.9. The molecule has 2 atom stereocenters. The Hall–Kier alpha value is -2.37. The first-order valence-corrected chi connectivity index (χ1v) is 10.3. The first-order chi connectivity index (χ1) is 13.5. The van der Waals surface area contributed by atoms with Gasteiger partial charge in [0.25, 0.3) is 5.91 Å². The maximum Gasteiger partial charge on any atom is 0.311 e. The summed E-state index contributed by atoms with van der Waals surface area (Å²) >= 11 is 0. The van der Waals surface area contributed by atoms with Crippen molar-refractivity contribution >= 4 is 17.8 Å². The number of aryl methyl sites for hydroxylation is 1. The lowest BCUT2D eigenvalue weighted by molar-refractivity contribution is -0.158. The average Bonchev–Trinajstić information content (AvgIpc) is 2.75. The number of carbonyl (C=O) groups is 3. The molecule has 2 aliphatic rings. The molecule has 1 aromatic rings. The number of hydrogen-bond donors (Lipinski definition) is 0. The predicted octanol–water partition coefficient (Wildman–Crippen LogP) is 2.71. The van der Waals surface area contributed by atoms with Gasteiger partial charge in [0.2, 0.25) is 5.91 Å². The molecule has 6 nitrogen and oxygen atoms in total. The molecule has 3 rings (SSSR count). The quantitative estimate of drug-likeness (QED) is 0.730. The first kappa shape index (κ1) is 20.4. The molecule has 6 heteroatoms. The molecule has 1 fully saturated rings. The number of ether oxygens (including phenoxy) is 1. The Morgan fingerprint density at radius 2 is 1.96 bits per heavy atom. The Kier molecular flexibility index (Phi) is 6.70. The van der Waals surface area contributed by atoms with Crippen LogP contribution in [0.4, 0.5) is 0 Å². The largest absolute Gasteiger partial charge is 0.455 e. The van der Waals surface area contributed by atoms with Crippen LogP contribution in [-0.2, 0) is 25.5 Å². The van der Waals surface area contributed by atoms with E-state index in [0.717, 1.165) is 25.7 Å². The van der Waals surface area contributed by atoms with Gasteiger partial charge in [0.1, 0.15) is 0 Å². The van der Waals surface area contributed by atoms with Crippen molar-refractivity contribution in [1.29, 1.82) is 0 Å². The van der Waals surface area contributed by atoms with Gasteiger partial charge in [-0.25, -0.2) is 0 Å². The predicted molar refractivity (Wildman–Crippen MR) is 105 cm³/mol. The van der Waals surface area contributed by atoms with Gasteiger partial charge in [-0.05, 0) is 43.2 Å². The van der Waals surface area contributed by atoms with Crippen molar-refractivity contribution < 1.29 is 19.1 Å². The number of carbonyl (C=O) groups excluding carboxylic acids is 3. The molecule has 2 amide bonds. The summed E-state index contributed by atoms with van der Waals surface area (Å²) in [5.41, 5.74) is 2.48. The molecular formula is C22H30N2O4. The number of piperidine rings is 1. The van der Waals surface area contributed by atoms with Crippen molar-refractivity contribution in [3.8, 4) is 0 Å². The molecule has 0 spiro atoms. The molecule has 1 aliphatic heterocycles. The van der Waals surface area contributed by atoms with Gasteiger partial charge in [-0.3, -0.25) is 14.4 Å². The van der Waals surface area contributed by atoms with Gasteiger partial charge in [-0.15, -0.1) is 0 Å². The third-order valence-electron chi connectivity index (χ3n) is 5.95. The SMILES string of the molecule is CCC(=O)N1CCCC(C(=O)OCC(=O)N(C)C2CCCc3ccccc32)C1. The van der Waals surface area contributed by atoms with Gasteiger partial charge in [0, 0.05) is 26.6 Å². The smallest absolute Gasteiger partial charge is 0.311 e. The van der Waals surface area contributed by atoms with Crippen LogP contribution < -0.4 is 0 Å². The minimum Gasteiger partial charge on any atom is -0.455 e. The number of rotatable bonds is 5. The molecule has 1 heterocycles. The molecule has 0 aromatic heterocycles. The normalized spacial score (nSPS) is 21.6. The van der Waals surface area contributed by atoms with E-state index in [-0.39, 0.29) is 36.4 Å². The third-order valence-corrected chi connectivity index (χ3v) is 5.95. The maximum atomic E-state index is 12.6. The Morgan fingerprint density at radius 3 is 2.75 bits per heavy atom. The second kappa shape index (κ2) is 9.22. The highest BCUT2D eigenvalue weighted by atomic mass is 16.5. The van der Waals surface area contributed by atoms with E-state index in [9.17, 15) is 14.4 Å². The number of amides is 2. The number of hydrogen-bond acceptors (Lipinski definition) is 4. The number of benzene rings is 1. The maximum absolute atomic E-state index is 12.6. The molecular weight excluding hydrogens is 356 g/mol. The molecule has 1 aliphatic carbocycles. The van der Waals surface area contributed by atoms with Gasteiger partial charge in [-0.2, -0.15) is 0 Å². The minimum atomic E-state index is -0.376. The van der Waals surface area contributed by atoms with E-state index in [4.69, 9.17) is 4.74 Å². The van der Waals surface area contributed by atoms with Gasteiger partial charge in [0.05, 0.1) is 12.0 Å². The van der Waals surface area contributed by atoms with E-state index in [0.29, 0.717) is 25.9 Å². The lowest BCUT2D eigenvalue weighted by Gasteiger charge is -2.34. The van der Waals surface area contributed by atoms with E-state index in [1.807, 2.05) is 19.1 Å². The standard InChI is InChI=1S/C22H30N2O4/c1-3-20(25)24-13-7-10-17(14-24)22(27)28-15-21(26)23(2)19-12-6-9-16-8-4-5-11-18(16)19/h4-5,8,11,17,19H,3,6-7,9-10,12-15H2,1-2H3. The first-order valence-electron chi connectivity index (χ1n) is 10.3. The molecule has 1 aromatic carbocycles. The van der Waals surface area contributed by atoms with Crippen LogP contribution in [0.2, 0.25) is 0 Å². The number of fused-ring (bicyclic) bond motifs is 1. The van der Waals surface area contributed by atoms with Crippen LogP contribution in [0.1, 0.15) is 56.2 Å². The van der Waals surface area contributed by atoms with Gasteiger partial charge < -0.3 is 14.5 Å². The van der Waals surface area contributed by atoms with Crippen molar-refractivity contribution in [3.05, 3.63) is 35.4 Å². The topological polar surface area (TPSA) is 66.9 Å². The summed E-state index contributed by atoms with van der Waals surface area (Å²) in [6.07, 6.45) is 4.93. The fraction of sp³-hybridized carbons (Fsp3) is 0.591. The molecule has 0 saturated carbocycles. The number of nitrogens with zero attached hydrogens (tertiary/aromatic N) is 2. The third kappa shape index (κ3) is 4.54. The molecule has 1 saturated heterocycles. The van der Waals surface area contributed by atoms with Crippen LogP contribution in [-0.4, -0.2) is 54.3 Å². The van der Waals surface area contributed by atoms with E-state index in [1.165, 1.54) is 11.1 Å². The van der Waals surface area contributed by atoms with Gasteiger partial charge in [-0.1, -0.05) is 31.2 Å². The van der Waals surface area contributed by atoms with Crippen molar-refractivity contribution in [2.45, 2.75) is 51.5 Å². The highest BCUT2D eigenvalue weighted by molar-refractivity contribution is 5.82. The molecule has 0 radical (unpaired) electrons. The average molecular weight is 386 g/mol. The molecule has 0 N–H and O–H groups in total. The molecule has 152 valence electrons. The van der Waals surface area contributed by atoms with Crippen molar-refractivity contribution in [2.75, 3.05) is 26.7 Å². The number of esters is 1. The second-order valence-electron chi connectivity index (χ2n) is 7.75. The van der Waals surface area contributed by atoms with Crippen molar-refractivity contribution in [3.63, 3.8) is 0 Å². The second-order valence-corrected chi connectivity index (χ2v) is 7.75. The highest BCUT2D eigenvalue weighted by Crippen LogP contribution is 2.33. The minimum absolute atomic E-state index is 0.0310. The fourth-order valence-electron chi connectivity index (χ4n) is 4.28. The van der Waals surface area contributed by atoms with Crippen LogP contribution in [0.3, 0.4) is 0 Å². The van der Waals surface area contributed by atoms with Crippen LogP contribution in [0.5, 0.6) is 0 Å². The highest BCUT2D eigenvalue weighted by Gasteiger charge is 2.31. The van der Waals surface area contributed by atoms with E-state index >= 15 is 0 Å². The Balaban J connectivity index is 1.54. The zero-order valence-corrected chi connectivity index (χ0v) is 16.9. The van der Waals surface area contributed by atoms with Crippen LogP contribution >= 0.6 is 0 Å². The van der Waals surface area contributed by atoms with Gasteiger partial charge in [0.15, 0.2) is 6.61 Å². The van der Waals surface area contributed by atoms with Crippen LogP contribution in [0.15, 0.2) is 24.3 Å². The van der Waals surface area contributed by atoms with E-state index in [2.05, 4.69) is 12.1 Å². The summed E-state index contributed by atoms with van der Waals surface area (Å²) in [4.78, 5) is 40.4. The van der Waals surface area contributed by atoms with E-state index in [1.54, 1.807) is 16.8 Å². The van der Waals surface area contributed by atoms with Crippen LogP contribution in [0.25, 0.3) is 0 Å². The summed E-state index contributed by atoms with van der Waals surface area (Å²) in [5, 5.41) is 0. The molecule has 2 unspecified atom stereocenters. The summed E-state index contributed by atoms with van der Waals surface area (Å²) in [5.74, 6) is -0.839. The Bertz CT molecular complexity index is 733. The summed E-state index contributed by atoms with van der Waals surface area (Å²) in [6.45, 7) is 2.67. The van der Waals surface area contributed by atoms with E-state index < -0.39 is 0 Å². The Labute approximate surface area is 166 Å². The van der Waals surface area contributed by atoms with Crippen molar-refractivity contribution in [1.82, 2.24) is 9.80 Å². The van der Waals surface area contributed by atoms with Crippen LogP contribution in [0, 0.1) is 5.92 Å². The summed E-state index contributed by atoms with van der Waals surface area (Å²) in [6, 6.07) is 8.26. The lowest BCUT2D eigenvalue weighted by atomic mass is 9.87. The number of likely N-dealkylation sites (tertiary alicyclic amines) is 1. The number of likely N-dealkylation sites (N-methyl/N-ethyl adjacent to an activating group) is 1. The van der Waals surface area contributed by atoms with Crippen molar-refractivity contribution in [2.24, 2.45) is 5.92 Å². The fourth-order valence-corrected chi connectivity index (χ4v) is 4.28. The Morgan fingerprint density at radius 1 is 1.18 bits per heavy atom. The molecule has 0 bridgehead atoms. The van der Waals surface area contributed by atoms with Gasteiger partial charge >= 0.3 is 5.97 Å². The summed E-state index contributed by atoms with van der Waals surface area (Å²) in [7, 11) is 1.78. The summed E-state index contributed by atoms with van der Waals surface area (Å²) < 4.78 is 5.34.